The van der Waals surface area contributed by atoms with Crippen molar-refractivity contribution >= 4 is 103 Å². The summed E-state index contributed by atoms with van der Waals surface area (Å²) < 4.78 is 36.0. The molecule has 13 unspecified atom stereocenters. The molecule has 22 atom stereocenters. The van der Waals surface area contributed by atoms with Crippen LogP contribution in [0.5, 0.6) is 0 Å². The first-order valence-corrected chi connectivity index (χ1v) is 42.2. The van der Waals surface area contributed by atoms with E-state index in [2.05, 4.69) is 33.8 Å². The van der Waals surface area contributed by atoms with E-state index >= 15 is 8.78 Å². The molecule has 4 aromatic heterocycles. The summed E-state index contributed by atoms with van der Waals surface area (Å²) in [5, 5.41) is 71.7. The Labute approximate surface area is 640 Å². The molecule has 1 aromatic carbocycles. The maximum absolute atomic E-state index is 17.2. The number of halogens is 2. The van der Waals surface area contributed by atoms with Gasteiger partial charge >= 0.3 is 0 Å². The van der Waals surface area contributed by atoms with Gasteiger partial charge in [0.2, 0.25) is 0 Å². The van der Waals surface area contributed by atoms with Crippen molar-refractivity contribution < 1.29 is 68.2 Å². The number of aromatic nitrogens is 4. The number of pyridine rings is 3. The Kier molecular flexibility index (Phi) is 19.7. The summed E-state index contributed by atoms with van der Waals surface area (Å²) in [6.45, 7) is 13.7. The molecule has 568 valence electrons. The monoisotopic (exact) mass is 1530 g/mol. The van der Waals surface area contributed by atoms with Crippen molar-refractivity contribution in [2.75, 3.05) is 17.3 Å². The number of Topliss-reactive ketones (excluding diaryl/α,β-unsaturated/α-hetero) is 3. The lowest BCUT2D eigenvalue weighted by molar-refractivity contribution is -0.225. The first kappa shape index (κ1) is 76.6. The number of rotatable bonds is 13. The predicted molar refractivity (Wildman–Crippen MR) is 410 cm³/mol. The van der Waals surface area contributed by atoms with Gasteiger partial charge in [0, 0.05) is 80.2 Å². The number of hydrogen-bond donors (Lipinski definition) is 6. The van der Waals surface area contributed by atoms with E-state index in [1.807, 2.05) is 101 Å². The molecular weight excluding hydrogens is 1440 g/mol. The van der Waals surface area contributed by atoms with Gasteiger partial charge in [-0.2, -0.15) is 0 Å². The van der Waals surface area contributed by atoms with Crippen LogP contribution in [0, 0.1) is 79.8 Å². The smallest absolute Gasteiger partial charge is 0.178 e. The minimum absolute atomic E-state index is 0.00615. The molecule has 5 aromatic rings. The van der Waals surface area contributed by atoms with Gasteiger partial charge < -0.3 is 30.6 Å². The number of nitrogens with zero attached hydrogens (tertiary/aromatic N) is 4. The Hall–Kier alpha value is -5.79. The highest BCUT2D eigenvalue weighted by molar-refractivity contribution is 8.01. The zero-order chi connectivity index (χ0) is 76.0. The van der Waals surface area contributed by atoms with Crippen LogP contribution in [0.4, 0.5) is 8.78 Å². The van der Waals surface area contributed by atoms with E-state index in [1.165, 1.54) is 58.8 Å². The van der Waals surface area contributed by atoms with Gasteiger partial charge in [-0.1, -0.05) is 124 Å². The molecule has 0 aliphatic heterocycles. The SMILES string of the molecule is CC12C[C@H](O)[C@@]3(F)C(CCC4=CC(=O)C=CC43C)C1CC[C@]2(O)C(=O)CSc1nc2ncccc2s1.CC12C[C@H](O)[C@@]3(F)C(CCC4=CC(=O)CCC43C)C1CC[C@]2(O)C(=O)CSc1ccc2ccccc2n1.C[C@H]1CC2C([C@@H](O)CC3(C)C2CC[C@]3(O)C(=O)CSCc2ccccn2)C2(C)C=CC(=O)C=C12. The first-order valence-electron chi connectivity index (χ1n) is 38.3. The van der Waals surface area contributed by atoms with Crippen LogP contribution in [-0.4, -0.2) is 149 Å². The van der Waals surface area contributed by atoms with E-state index in [4.69, 9.17) is 0 Å². The summed E-state index contributed by atoms with van der Waals surface area (Å²) in [4.78, 5) is 94.5. The predicted octanol–water partition coefficient (Wildman–Crippen LogP) is 13.8. The van der Waals surface area contributed by atoms with Crippen molar-refractivity contribution in [2.24, 2.45) is 79.8 Å². The standard InChI is InChI=1S/C30H34FNO4S.C28H35NO4S.C27H29FN2O4S2/c1-27-13-11-20(33)15-19(27)8-9-22-21-12-14-29(36,28(21,2)16-24(34)30(22,27)31)25(35)17-37-26-10-7-18-5-3-4-6-23(18)32-26;1-17-12-20-21-8-10-28(33,24(32)16-34-15-18-6-4-5-11-29-18)27(21,3)14-23(31)25(20)26(2)9-7-19(30)13-22(17)26;1-24-9-7-16(31)12-15(24)5-6-18-17-8-10-26(34,25(17,2)13-20(32)27(18,24)28)21(33)14-35-23-30-22-19(36-23)4-3-11-29-22/h3-7,10,15,21-22,24,34,36H,8-9,11-14,16-17H2,1-2H3;4-7,9,11,13,17,20-21,23,25,31,33H,8,10,12,14-16H2,1-3H3;3-4,7,9,11-12,17-18,20,32,34H,5-6,8,10,13-14H2,1-2H3/t21?,22?,24-,27?,28?,29-,30-;17-,20?,21?,23-,25?,26?,27?,28-;17?,18?,20-,24?,25?,26-,27-/m000/s1. The van der Waals surface area contributed by atoms with Gasteiger partial charge in [-0.15, -0.1) is 23.1 Å². The summed E-state index contributed by atoms with van der Waals surface area (Å²) >= 11 is 5.55. The maximum atomic E-state index is 17.2. The molecule has 0 amide bonds. The van der Waals surface area contributed by atoms with Crippen molar-refractivity contribution in [3.63, 3.8) is 0 Å². The Morgan fingerprint density at radius 1 is 0.589 bits per heavy atom. The van der Waals surface area contributed by atoms with E-state index in [0.717, 1.165) is 50.9 Å². The zero-order valence-electron chi connectivity index (χ0n) is 61.9. The zero-order valence-corrected chi connectivity index (χ0v) is 65.1. The second-order valence-corrected chi connectivity index (χ2v) is 38.9. The number of allylic oxidation sites excluding steroid dienone is 9. The number of thiazole rings is 1. The number of aliphatic hydroxyl groups is 6. The minimum atomic E-state index is -1.96. The molecule has 6 N–H and O–H groups in total. The van der Waals surface area contributed by atoms with E-state index in [0.29, 0.717) is 78.6 Å². The Balaban J connectivity index is 0.000000128. The lowest BCUT2D eigenvalue weighted by atomic mass is 9.44. The maximum Gasteiger partial charge on any atom is 0.178 e. The van der Waals surface area contributed by atoms with Gasteiger partial charge in [0.25, 0.3) is 0 Å². The van der Waals surface area contributed by atoms with E-state index in [-0.39, 0.29) is 125 Å². The average molecular weight is 1530 g/mol. The summed E-state index contributed by atoms with van der Waals surface area (Å²) in [6.07, 6.45) is 18.7. The van der Waals surface area contributed by atoms with Gasteiger partial charge in [-0.25, -0.2) is 23.7 Å². The molecule has 16 nitrogen and oxygen atoms in total. The quantitative estimate of drug-likeness (QED) is 0.0598. The molecule has 4 heterocycles. The third-order valence-electron chi connectivity index (χ3n) is 29.9. The second kappa shape index (κ2) is 27.6. The molecule has 9 fully saturated rings. The number of hydrogen-bond acceptors (Lipinski definition) is 20. The third kappa shape index (κ3) is 11.7. The summed E-state index contributed by atoms with van der Waals surface area (Å²) in [5.74, 6) is -0.650. The molecule has 12 aliphatic rings. The normalized spacial score (nSPS) is 41.8. The molecule has 0 saturated heterocycles. The molecule has 0 bridgehead atoms. The van der Waals surface area contributed by atoms with Gasteiger partial charge in [0.15, 0.2) is 50.4 Å². The number of benzene rings is 1. The molecule has 12 aliphatic carbocycles. The first-order chi connectivity index (χ1) is 50.7. The summed E-state index contributed by atoms with van der Waals surface area (Å²) in [7, 11) is 0. The van der Waals surface area contributed by atoms with Crippen LogP contribution >= 0.6 is 46.6 Å². The minimum Gasteiger partial charge on any atom is -0.393 e. The fourth-order valence-electron chi connectivity index (χ4n) is 24.2. The van der Waals surface area contributed by atoms with Crippen LogP contribution in [0.3, 0.4) is 0 Å². The van der Waals surface area contributed by atoms with E-state index in [1.54, 1.807) is 43.6 Å². The van der Waals surface area contributed by atoms with Crippen LogP contribution in [0.1, 0.15) is 157 Å². The van der Waals surface area contributed by atoms with Crippen LogP contribution in [0.25, 0.3) is 21.3 Å². The molecule has 107 heavy (non-hydrogen) atoms. The van der Waals surface area contributed by atoms with Gasteiger partial charge in [0.05, 0.1) is 56.5 Å². The Morgan fingerprint density at radius 2 is 1.19 bits per heavy atom. The molecule has 0 radical (unpaired) electrons. The lowest BCUT2D eigenvalue weighted by Crippen LogP contribution is -2.69. The number of carbonyl (C=O) groups is 6. The topological polar surface area (TPSA) is 275 Å². The largest absolute Gasteiger partial charge is 0.393 e. The molecule has 0 spiro atoms. The molecule has 9 saturated carbocycles. The van der Waals surface area contributed by atoms with Gasteiger partial charge in [-0.05, 0) is 200 Å². The van der Waals surface area contributed by atoms with E-state index in [9.17, 15) is 59.4 Å². The number of carbonyl (C=O) groups excluding carboxylic acids is 6. The highest BCUT2D eigenvalue weighted by Gasteiger charge is 2.77. The Bertz CT molecular complexity index is 4600. The number of ketones is 6. The fraction of sp³-hybridized carbons (Fsp3) is 0.576. The third-order valence-corrected chi connectivity index (χ3v) is 34.0. The Morgan fingerprint density at radius 3 is 1.87 bits per heavy atom. The highest BCUT2D eigenvalue weighted by atomic mass is 32.2. The second-order valence-electron chi connectivity index (χ2n) is 34.6. The van der Waals surface area contributed by atoms with E-state index < -0.39 is 85.4 Å². The number of para-hydroxylation sites is 1. The van der Waals surface area contributed by atoms with Gasteiger partial charge in [0.1, 0.15) is 22.5 Å². The number of thioether (sulfide) groups is 3. The van der Waals surface area contributed by atoms with Crippen LogP contribution < -0.4 is 0 Å². The summed E-state index contributed by atoms with van der Waals surface area (Å²) in [6, 6.07) is 21.2. The van der Waals surface area contributed by atoms with Crippen molar-refractivity contribution in [3.8, 4) is 0 Å². The number of alkyl halides is 2. The molecule has 17 rings (SSSR count). The van der Waals surface area contributed by atoms with Crippen molar-refractivity contribution in [1.82, 2.24) is 19.9 Å². The average Bonchev–Trinajstić information content (AvgIpc) is 1.66. The highest BCUT2D eigenvalue weighted by Crippen LogP contribution is 2.73. The van der Waals surface area contributed by atoms with Crippen LogP contribution in [0.2, 0.25) is 0 Å². The lowest BCUT2D eigenvalue weighted by Gasteiger charge is -2.63. The van der Waals surface area contributed by atoms with Crippen molar-refractivity contribution in [3.05, 3.63) is 144 Å². The number of aliphatic hydroxyl groups excluding tert-OH is 3. The van der Waals surface area contributed by atoms with Crippen molar-refractivity contribution in [2.45, 2.75) is 213 Å². The number of fused-ring (bicyclic) bond motifs is 17. The fourth-order valence-corrected chi connectivity index (χ4v) is 27.9. The van der Waals surface area contributed by atoms with Crippen LogP contribution in [0.15, 0.2) is 148 Å². The van der Waals surface area contributed by atoms with Gasteiger partial charge in [-0.3, -0.25) is 33.8 Å². The van der Waals surface area contributed by atoms with Crippen molar-refractivity contribution in [1.29, 1.82) is 0 Å². The van der Waals surface area contributed by atoms with Crippen LogP contribution in [-0.2, 0) is 34.5 Å². The molecular formula is C85H98F2N4O12S4. The summed E-state index contributed by atoms with van der Waals surface area (Å²) in [5.41, 5.74) is -8.28. The molecule has 22 heteroatoms.